The highest BCUT2D eigenvalue weighted by molar-refractivity contribution is 9.09. The Morgan fingerprint density at radius 2 is 1.59 bits per heavy atom. The van der Waals surface area contributed by atoms with Crippen LogP contribution in [0.5, 0.6) is 5.75 Å². The van der Waals surface area contributed by atoms with Crippen molar-refractivity contribution in [1.29, 1.82) is 0 Å². The third-order valence-electron chi connectivity index (χ3n) is 5.03. The highest BCUT2D eigenvalue weighted by Crippen LogP contribution is 2.36. The van der Waals surface area contributed by atoms with Crippen molar-refractivity contribution >= 4 is 44.5 Å². The number of ether oxygens (including phenoxy) is 2. The van der Waals surface area contributed by atoms with Crippen molar-refractivity contribution in [2.75, 3.05) is 24.1 Å². The molecule has 172 valence electrons. The SMILES string of the molecule is COC(=O)N(NC(=O)c1c(OCCBr)c(-c2ccccc2)nc2ccccc12)c1ccccc1. The fourth-order valence-electron chi connectivity index (χ4n) is 3.53. The van der Waals surface area contributed by atoms with Gasteiger partial charge in [-0.05, 0) is 18.2 Å². The highest BCUT2D eigenvalue weighted by atomic mass is 79.9. The molecule has 2 amide bonds. The summed E-state index contributed by atoms with van der Waals surface area (Å²) < 4.78 is 11.0. The summed E-state index contributed by atoms with van der Waals surface area (Å²) in [6.07, 6.45) is -0.732. The number of hydrogen-bond donors (Lipinski definition) is 1. The lowest BCUT2D eigenvalue weighted by Crippen LogP contribution is -2.46. The molecule has 4 aromatic rings. The van der Waals surface area contributed by atoms with Crippen LogP contribution in [0, 0.1) is 0 Å². The number of carbonyl (C=O) groups excluding carboxylic acids is 2. The van der Waals surface area contributed by atoms with Crippen molar-refractivity contribution in [1.82, 2.24) is 10.4 Å². The Balaban J connectivity index is 1.89. The lowest BCUT2D eigenvalue weighted by atomic mass is 10.0. The normalized spacial score (nSPS) is 10.5. The first-order valence-corrected chi connectivity index (χ1v) is 11.7. The summed E-state index contributed by atoms with van der Waals surface area (Å²) >= 11 is 3.38. The summed E-state index contributed by atoms with van der Waals surface area (Å²) in [5.74, 6) is -0.200. The number of hydrazine groups is 1. The van der Waals surface area contributed by atoms with Gasteiger partial charge in [-0.15, -0.1) is 0 Å². The summed E-state index contributed by atoms with van der Waals surface area (Å²) in [5.41, 5.74) is 5.38. The Kier molecular flexibility index (Phi) is 7.39. The molecule has 0 atom stereocenters. The highest BCUT2D eigenvalue weighted by Gasteiger charge is 2.27. The van der Waals surface area contributed by atoms with E-state index >= 15 is 0 Å². The molecule has 0 aliphatic rings. The molecule has 0 fully saturated rings. The number of halogens is 1. The minimum absolute atomic E-state index is 0.273. The minimum atomic E-state index is -0.732. The topological polar surface area (TPSA) is 80.8 Å². The van der Waals surface area contributed by atoms with E-state index in [1.165, 1.54) is 7.11 Å². The molecule has 0 spiro atoms. The largest absolute Gasteiger partial charge is 0.490 e. The van der Waals surface area contributed by atoms with Crippen LogP contribution >= 0.6 is 15.9 Å². The maximum absolute atomic E-state index is 13.8. The van der Waals surface area contributed by atoms with E-state index in [2.05, 4.69) is 21.4 Å². The van der Waals surface area contributed by atoms with Gasteiger partial charge in [0.25, 0.3) is 5.91 Å². The van der Waals surface area contributed by atoms with Gasteiger partial charge in [-0.1, -0.05) is 82.7 Å². The number of nitrogens with one attached hydrogen (secondary N) is 1. The minimum Gasteiger partial charge on any atom is -0.490 e. The fraction of sp³-hybridized carbons (Fsp3) is 0.115. The molecular weight excluding hydrogens is 498 g/mol. The molecule has 0 radical (unpaired) electrons. The second-order valence-electron chi connectivity index (χ2n) is 7.17. The van der Waals surface area contributed by atoms with Crippen molar-refractivity contribution in [2.24, 2.45) is 0 Å². The van der Waals surface area contributed by atoms with Gasteiger partial charge in [0, 0.05) is 16.3 Å². The van der Waals surface area contributed by atoms with Gasteiger partial charge in [0.15, 0.2) is 5.75 Å². The van der Waals surface area contributed by atoms with Gasteiger partial charge in [-0.25, -0.2) is 9.78 Å². The van der Waals surface area contributed by atoms with Crippen LogP contribution in [0.25, 0.3) is 22.2 Å². The zero-order valence-corrected chi connectivity index (χ0v) is 20.0. The first-order valence-electron chi connectivity index (χ1n) is 10.5. The molecule has 7 nitrogen and oxygen atoms in total. The van der Waals surface area contributed by atoms with Crippen LogP contribution in [0.1, 0.15) is 10.4 Å². The average molecular weight is 520 g/mol. The Hall–Kier alpha value is -3.91. The quantitative estimate of drug-likeness (QED) is 0.265. The van der Waals surface area contributed by atoms with Crippen LogP contribution in [0.4, 0.5) is 10.5 Å². The first-order chi connectivity index (χ1) is 16.6. The predicted molar refractivity (Wildman–Crippen MR) is 135 cm³/mol. The zero-order chi connectivity index (χ0) is 23.9. The summed E-state index contributed by atoms with van der Waals surface area (Å²) in [7, 11) is 1.25. The second kappa shape index (κ2) is 10.8. The van der Waals surface area contributed by atoms with Crippen molar-refractivity contribution in [3.63, 3.8) is 0 Å². The number of hydrogen-bond acceptors (Lipinski definition) is 5. The molecule has 1 N–H and O–H groups in total. The van der Waals surface area contributed by atoms with Crippen LogP contribution in [-0.2, 0) is 4.74 Å². The molecule has 3 aromatic carbocycles. The summed E-state index contributed by atoms with van der Waals surface area (Å²) in [5, 5.41) is 2.23. The van der Waals surface area contributed by atoms with E-state index in [9.17, 15) is 9.59 Å². The van der Waals surface area contributed by atoms with Gasteiger partial charge in [0.05, 0.1) is 30.5 Å². The van der Waals surface area contributed by atoms with Gasteiger partial charge in [0.2, 0.25) is 0 Å². The number of methoxy groups -OCH3 is 1. The maximum atomic E-state index is 13.8. The second-order valence-corrected chi connectivity index (χ2v) is 7.96. The lowest BCUT2D eigenvalue weighted by Gasteiger charge is -2.23. The molecule has 0 aliphatic carbocycles. The number of amides is 2. The van der Waals surface area contributed by atoms with Crippen molar-refractivity contribution in [3.05, 3.63) is 90.5 Å². The maximum Gasteiger partial charge on any atom is 0.433 e. The van der Waals surface area contributed by atoms with Crippen LogP contribution in [0.3, 0.4) is 0 Å². The third-order valence-corrected chi connectivity index (χ3v) is 5.35. The molecule has 0 unspecified atom stereocenters. The smallest absolute Gasteiger partial charge is 0.433 e. The summed E-state index contributed by atoms with van der Waals surface area (Å²) in [6, 6.07) is 25.6. The molecule has 4 rings (SSSR count). The number of nitrogens with zero attached hydrogens (tertiary/aromatic N) is 2. The number of rotatable bonds is 6. The van der Waals surface area contributed by atoms with Crippen molar-refractivity contribution in [3.8, 4) is 17.0 Å². The fourth-order valence-corrected chi connectivity index (χ4v) is 3.70. The van der Waals surface area contributed by atoms with Crippen LogP contribution in [-0.4, -0.2) is 36.0 Å². The van der Waals surface area contributed by atoms with E-state index in [4.69, 9.17) is 14.5 Å². The molecule has 0 bridgehead atoms. The number of para-hydroxylation sites is 2. The monoisotopic (exact) mass is 519 g/mol. The molecule has 0 saturated heterocycles. The van der Waals surface area contributed by atoms with Crippen molar-refractivity contribution < 1.29 is 19.1 Å². The van der Waals surface area contributed by atoms with Gasteiger partial charge < -0.3 is 9.47 Å². The van der Waals surface area contributed by atoms with E-state index in [0.29, 0.717) is 40.0 Å². The molecule has 0 aliphatic heterocycles. The standard InChI is InChI=1S/C26H22BrN3O4/c1-33-26(32)30(19-12-6-3-7-13-19)29-25(31)22-20-14-8-9-15-21(20)28-23(24(22)34-17-16-27)18-10-4-2-5-11-18/h2-15H,16-17H2,1H3,(H,29,31). The number of benzene rings is 3. The van der Waals surface area contributed by atoms with Crippen molar-refractivity contribution in [2.45, 2.75) is 0 Å². The Morgan fingerprint density at radius 1 is 0.941 bits per heavy atom. The lowest BCUT2D eigenvalue weighted by molar-refractivity contribution is 0.0939. The number of aromatic nitrogens is 1. The number of alkyl halides is 1. The van der Waals surface area contributed by atoms with E-state index in [-0.39, 0.29) is 5.56 Å². The number of carbonyl (C=O) groups is 2. The van der Waals surface area contributed by atoms with E-state index in [0.717, 1.165) is 10.6 Å². The Morgan fingerprint density at radius 3 is 2.26 bits per heavy atom. The molecule has 1 aromatic heterocycles. The summed E-state index contributed by atoms with van der Waals surface area (Å²) in [4.78, 5) is 31.1. The Bertz CT molecular complexity index is 1300. The van der Waals surface area contributed by atoms with Crippen LogP contribution in [0.2, 0.25) is 0 Å². The number of pyridine rings is 1. The van der Waals surface area contributed by atoms with Crippen LogP contribution in [0.15, 0.2) is 84.9 Å². The third kappa shape index (κ3) is 4.87. The molecule has 1 heterocycles. The van der Waals surface area contributed by atoms with E-state index < -0.39 is 12.0 Å². The van der Waals surface area contributed by atoms with Gasteiger partial charge >= 0.3 is 6.09 Å². The Labute approximate surface area is 205 Å². The summed E-state index contributed by atoms with van der Waals surface area (Å²) in [6.45, 7) is 0.319. The average Bonchev–Trinajstić information content (AvgIpc) is 2.90. The van der Waals surface area contributed by atoms with E-state index in [1.807, 2.05) is 54.6 Å². The number of fused-ring (bicyclic) bond motifs is 1. The van der Waals surface area contributed by atoms with Gasteiger partial charge in [0.1, 0.15) is 5.69 Å². The molecule has 0 saturated carbocycles. The number of anilines is 1. The predicted octanol–water partition coefficient (Wildman–Crippen LogP) is 5.59. The molecule has 34 heavy (non-hydrogen) atoms. The van der Waals surface area contributed by atoms with E-state index in [1.54, 1.807) is 30.3 Å². The molecule has 8 heteroatoms. The zero-order valence-electron chi connectivity index (χ0n) is 18.4. The first kappa shape index (κ1) is 23.3. The van der Waals surface area contributed by atoms with Gasteiger partial charge in [-0.2, -0.15) is 5.01 Å². The molecular formula is C26H22BrN3O4. The van der Waals surface area contributed by atoms with Crippen LogP contribution < -0.4 is 15.2 Å². The van der Waals surface area contributed by atoms with Gasteiger partial charge in [-0.3, -0.25) is 10.2 Å².